The molecule has 2 rings (SSSR count). The number of nitrogens with zero attached hydrogens (tertiary/aromatic N) is 2. The standard InChI is InChI=1S/C14H17N3O2.C5H9F/c1-17-10-11(9-16-17)7-8-15-14(18)12-3-5-13(19-2)6-4-12;1-5(2)3-4-6/h3-6,9-10H,7-8H2,1-2H3,(H,15,18);3H,4H2,1-2H3. The molecule has 0 aliphatic rings. The number of carbonyl (C=O) groups excluding carboxylic acids is 1. The minimum Gasteiger partial charge on any atom is -0.497 e. The van der Waals surface area contributed by atoms with Gasteiger partial charge in [0.2, 0.25) is 0 Å². The van der Waals surface area contributed by atoms with Gasteiger partial charge in [-0.1, -0.05) is 11.6 Å². The summed E-state index contributed by atoms with van der Waals surface area (Å²) in [5.74, 6) is 0.665. The van der Waals surface area contributed by atoms with Gasteiger partial charge in [0.1, 0.15) is 12.4 Å². The van der Waals surface area contributed by atoms with E-state index in [1.54, 1.807) is 48.3 Å². The number of amides is 1. The zero-order valence-corrected chi connectivity index (χ0v) is 15.3. The second-order valence-corrected chi connectivity index (χ2v) is 5.69. The summed E-state index contributed by atoms with van der Waals surface area (Å²) in [7, 11) is 3.47. The minimum absolute atomic E-state index is 0.0773. The highest BCUT2D eigenvalue weighted by Crippen LogP contribution is 2.11. The highest BCUT2D eigenvalue weighted by molar-refractivity contribution is 5.94. The topological polar surface area (TPSA) is 56.1 Å². The van der Waals surface area contributed by atoms with Gasteiger partial charge in [0, 0.05) is 25.4 Å². The maximum atomic E-state index is 11.9. The molecule has 25 heavy (non-hydrogen) atoms. The molecule has 0 saturated carbocycles. The number of alkyl halides is 1. The Morgan fingerprint density at radius 2 is 2.00 bits per heavy atom. The second kappa shape index (κ2) is 11.0. The smallest absolute Gasteiger partial charge is 0.251 e. The number of ether oxygens (including phenoxy) is 1. The predicted octanol–water partition coefficient (Wildman–Crippen LogP) is 3.32. The molecule has 1 aromatic heterocycles. The van der Waals surface area contributed by atoms with Crippen LogP contribution in [0.1, 0.15) is 29.8 Å². The van der Waals surface area contributed by atoms with Crippen molar-refractivity contribution in [2.45, 2.75) is 20.3 Å². The van der Waals surface area contributed by atoms with E-state index in [1.807, 2.05) is 27.1 Å². The van der Waals surface area contributed by atoms with Gasteiger partial charge in [-0.3, -0.25) is 9.48 Å². The molecule has 0 spiro atoms. The summed E-state index contributed by atoms with van der Waals surface area (Å²) in [5.41, 5.74) is 2.78. The molecule has 6 heteroatoms. The summed E-state index contributed by atoms with van der Waals surface area (Å²) in [6, 6.07) is 7.04. The Hall–Kier alpha value is -2.63. The molecule has 2 aromatic rings. The Morgan fingerprint density at radius 3 is 2.44 bits per heavy atom. The van der Waals surface area contributed by atoms with Crippen molar-refractivity contribution in [2.24, 2.45) is 7.05 Å². The summed E-state index contributed by atoms with van der Waals surface area (Å²) >= 11 is 0. The normalized spacial score (nSPS) is 9.64. The van der Waals surface area contributed by atoms with Crippen LogP contribution in [-0.4, -0.2) is 36.0 Å². The molecular weight excluding hydrogens is 321 g/mol. The van der Waals surface area contributed by atoms with Crippen LogP contribution in [0.2, 0.25) is 0 Å². The molecule has 0 aliphatic heterocycles. The predicted molar refractivity (Wildman–Crippen MR) is 97.6 cm³/mol. The number of aromatic nitrogens is 2. The highest BCUT2D eigenvalue weighted by Gasteiger charge is 2.05. The lowest BCUT2D eigenvalue weighted by molar-refractivity contribution is 0.0954. The number of carbonyl (C=O) groups is 1. The SMILES string of the molecule is CC(C)=CCF.COc1ccc(C(=O)NCCc2cnn(C)c2)cc1. The highest BCUT2D eigenvalue weighted by atomic mass is 19.1. The summed E-state index contributed by atoms with van der Waals surface area (Å²) in [4.78, 5) is 11.9. The zero-order chi connectivity index (χ0) is 18.7. The molecule has 1 N–H and O–H groups in total. The molecular formula is C19H26FN3O2. The average molecular weight is 347 g/mol. The lowest BCUT2D eigenvalue weighted by Gasteiger charge is -2.05. The van der Waals surface area contributed by atoms with E-state index >= 15 is 0 Å². The van der Waals surface area contributed by atoms with Crippen molar-refractivity contribution in [1.29, 1.82) is 0 Å². The van der Waals surface area contributed by atoms with E-state index < -0.39 is 0 Å². The number of benzene rings is 1. The van der Waals surface area contributed by atoms with Crippen molar-refractivity contribution in [3.63, 3.8) is 0 Å². The molecule has 0 saturated heterocycles. The van der Waals surface area contributed by atoms with Gasteiger partial charge in [-0.15, -0.1) is 0 Å². The summed E-state index contributed by atoms with van der Waals surface area (Å²) in [5, 5.41) is 6.96. The molecule has 0 radical (unpaired) electrons. The first-order chi connectivity index (χ1) is 12.0. The van der Waals surface area contributed by atoms with Gasteiger partial charge in [0.15, 0.2) is 0 Å². The summed E-state index contributed by atoms with van der Waals surface area (Å²) in [6.07, 6.45) is 6.06. The van der Waals surface area contributed by atoms with Crippen LogP contribution in [0, 0.1) is 0 Å². The number of hydrogen-bond donors (Lipinski definition) is 1. The fraction of sp³-hybridized carbons (Fsp3) is 0.368. The van der Waals surface area contributed by atoms with Crippen LogP contribution in [0.5, 0.6) is 5.75 Å². The van der Waals surface area contributed by atoms with E-state index in [9.17, 15) is 9.18 Å². The molecule has 0 aliphatic carbocycles. The molecule has 0 unspecified atom stereocenters. The summed E-state index contributed by atoms with van der Waals surface area (Å²) < 4.78 is 18.0. The first-order valence-electron chi connectivity index (χ1n) is 8.05. The molecule has 0 atom stereocenters. The van der Waals surface area contributed by atoms with E-state index in [4.69, 9.17) is 4.74 Å². The number of methoxy groups -OCH3 is 1. The average Bonchev–Trinajstić information content (AvgIpc) is 3.00. The van der Waals surface area contributed by atoms with Crippen LogP contribution in [-0.2, 0) is 13.5 Å². The van der Waals surface area contributed by atoms with Crippen LogP contribution in [0.4, 0.5) is 4.39 Å². The molecule has 1 aromatic carbocycles. The van der Waals surface area contributed by atoms with Crippen LogP contribution in [0.15, 0.2) is 48.3 Å². The first kappa shape index (κ1) is 20.4. The lowest BCUT2D eigenvalue weighted by Crippen LogP contribution is -2.25. The Morgan fingerprint density at radius 1 is 1.32 bits per heavy atom. The number of nitrogens with one attached hydrogen (secondary N) is 1. The number of halogens is 1. The van der Waals surface area contributed by atoms with E-state index in [2.05, 4.69) is 10.4 Å². The number of hydrogen-bond acceptors (Lipinski definition) is 3. The van der Waals surface area contributed by atoms with E-state index in [-0.39, 0.29) is 12.6 Å². The molecule has 136 valence electrons. The maximum Gasteiger partial charge on any atom is 0.251 e. The third-order valence-electron chi connectivity index (χ3n) is 3.30. The van der Waals surface area contributed by atoms with Crippen molar-refractivity contribution in [3.05, 3.63) is 59.4 Å². The Balaban J connectivity index is 0.000000450. The fourth-order valence-electron chi connectivity index (χ4n) is 1.92. The fourth-order valence-corrected chi connectivity index (χ4v) is 1.92. The third-order valence-corrected chi connectivity index (χ3v) is 3.30. The van der Waals surface area contributed by atoms with Crippen molar-refractivity contribution in [3.8, 4) is 5.75 Å². The molecule has 5 nitrogen and oxygen atoms in total. The minimum atomic E-state index is -0.331. The van der Waals surface area contributed by atoms with Gasteiger partial charge in [-0.05, 0) is 50.1 Å². The van der Waals surface area contributed by atoms with Crippen molar-refractivity contribution in [1.82, 2.24) is 15.1 Å². The van der Waals surface area contributed by atoms with Gasteiger partial charge in [0.25, 0.3) is 5.91 Å². The zero-order valence-electron chi connectivity index (χ0n) is 15.3. The monoisotopic (exact) mass is 347 g/mol. The second-order valence-electron chi connectivity index (χ2n) is 5.69. The molecule has 1 amide bonds. The lowest BCUT2D eigenvalue weighted by atomic mass is 10.2. The third kappa shape index (κ3) is 8.15. The summed E-state index contributed by atoms with van der Waals surface area (Å²) in [6.45, 7) is 4.01. The van der Waals surface area contributed by atoms with E-state index in [1.165, 1.54) is 0 Å². The molecule has 0 bridgehead atoms. The van der Waals surface area contributed by atoms with Crippen LogP contribution >= 0.6 is 0 Å². The number of rotatable bonds is 6. The van der Waals surface area contributed by atoms with Crippen molar-refractivity contribution < 1.29 is 13.9 Å². The first-order valence-corrected chi connectivity index (χ1v) is 8.05. The number of allylic oxidation sites excluding steroid dienone is 2. The van der Waals surface area contributed by atoms with Gasteiger partial charge < -0.3 is 10.1 Å². The Bertz CT molecular complexity index is 674. The van der Waals surface area contributed by atoms with Crippen molar-refractivity contribution in [2.75, 3.05) is 20.3 Å². The maximum absolute atomic E-state index is 11.9. The van der Waals surface area contributed by atoms with Crippen LogP contribution in [0.3, 0.4) is 0 Å². The van der Waals surface area contributed by atoms with E-state index in [0.717, 1.165) is 23.3 Å². The van der Waals surface area contributed by atoms with Gasteiger partial charge >= 0.3 is 0 Å². The quantitative estimate of drug-likeness (QED) is 0.816. The largest absolute Gasteiger partial charge is 0.497 e. The van der Waals surface area contributed by atoms with E-state index in [0.29, 0.717) is 12.1 Å². The van der Waals surface area contributed by atoms with Crippen LogP contribution in [0.25, 0.3) is 0 Å². The van der Waals surface area contributed by atoms with Crippen LogP contribution < -0.4 is 10.1 Å². The van der Waals surface area contributed by atoms with Gasteiger partial charge in [-0.2, -0.15) is 5.10 Å². The van der Waals surface area contributed by atoms with Crippen molar-refractivity contribution >= 4 is 5.91 Å². The van der Waals surface area contributed by atoms with Gasteiger partial charge in [0.05, 0.1) is 13.3 Å². The number of aryl methyl sites for hydroxylation is 1. The Kier molecular flexibility index (Phi) is 9.00. The molecule has 0 fully saturated rings. The van der Waals surface area contributed by atoms with Gasteiger partial charge in [-0.25, -0.2) is 4.39 Å². The molecule has 1 heterocycles. The Labute approximate surface area is 148 Å².